The molecule has 1 atom stereocenters. The topological polar surface area (TPSA) is 9.23 Å². The van der Waals surface area contributed by atoms with E-state index < -0.39 is 0 Å². The highest BCUT2D eigenvalue weighted by Gasteiger charge is 2.13. The van der Waals surface area contributed by atoms with E-state index in [1.165, 1.54) is 0 Å². The number of hydrogen-bond donors (Lipinski definition) is 0. The van der Waals surface area contributed by atoms with Gasteiger partial charge in [0.25, 0.3) is 0 Å². The molecule has 0 aromatic heterocycles. The van der Waals surface area contributed by atoms with Crippen LogP contribution in [0.4, 0.5) is 0 Å². The first-order chi connectivity index (χ1) is 2.93. The first-order valence-electron chi connectivity index (χ1n) is 1.97. The maximum atomic E-state index is 6.48. The van der Waals surface area contributed by atoms with Gasteiger partial charge in [0.05, 0.1) is 6.61 Å². The second-order valence-corrected chi connectivity index (χ2v) is 1.29. The van der Waals surface area contributed by atoms with Crippen LogP contribution in [0.1, 0.15) is 6.42 Å². The lowest BCUT2D eigenvalue weighted by molar-refractivity contribution is -0.0123. The minimum absolute atomic E-state index is 0.0324. The first kappa shape index (κ1) is 3.70. The molecule has 0 amide bonds. The van der Waals surface area contributed by atoms with Crippen LogP contribution in [0, 0.1) is 12.3 Å². The van der Waals surface area contributed by atoms with Gasteiger partial charge in [-0.1, -0.05) is 5.92 Å². The van der Waals surface area contributed by atoms with Gasteiger partial charge in [0, 0.05) is 6.42 Å². The van der Waals surface area contributed by atoms with Crippen molar-refractivity contribution in [2.75, 3.05) is 6.61 Å². The van der Waals surface area contributed by atoms with Crippen molar-refractivity contribution in [1.29, 1.82) is 0 Å². The lowest BCUT2D eigenvalue weighted by Gasteiger charge is -2.19. The molecule has 0 bridgehead atoms. The molecule has 1 nitrogen and oxygen atoms in total. The number of hydrogen-bond acceptors (Lipinski definition) is 1. The smallest absolute Gasteiger partial charge is 0.121 e. The first-order valence-corrected chi connectivity index (χ1v) is 1.97. The van der Waals surface area contributed by atoms with Crippen molar-refractivity contribution in [3.05, 3.63) is 6.42 Å². The van der Waals surface area contributed by atoms with Crippen molar-refractivity contribution in [3.63, 3.8) is 0 Å². The van der Waals surface area contributed by atoms with Crippen LogP contribution in [0.2, 0.25) is 0 Å². The average Bonchev–Trinajstić information content (AvgIpc) is 1.31. The molecule has 1 aliphatic heterocycles. The second-order valence-electron chi connectivity index (χ2n) is 1.29. The molecule has 0 aromatic rings. The maximum Gasteiger partial charge on any atom is 0.121 e. The Kier molecular flexibility index (Phi) is 0.813. The molecule has 0 spiro atoms. The van der Waals surface area contributed by atoms with Crippen LogP contribution in [-0.2, 0) is 4.74 Å². The van der Waals surface area contributed by atoms with Crippen LogP contribution in [0.5, 0.6) is 0 Å². The van der Waals surface area contributed by atoms with Gasteiger partial charge in [0.2, 0.25) is 0 Å². The van der Waals surface area contributed by atoms with Crippen LogP contribution in [-0.4, -0.2) is 12.7 Å². The highest BCUT2D eigenvalue weighted by atomic mass is 16.5. The van der Waals surface area contributed by atoms with Gasteiger partial charge in [-0.3, -0.25) is 0 Å². The summed E-state index contributed by atoms with van der Waals surface area (Å²) in [5.41, 5.74) is 0. The SMILES string of the molecule is [C]#CC1CCO1. The molecule has 0 aliphatic carbocycles. The van der Waals surface area contributed by atoms with E-state index in [-0.39, 0.29) is 6.10 Å². The lowest BCUT2D eigenvalue weighted by atomic mass is 10.2. The van der Waals surface area contributed by atoms with Crippen molar-refractivity contribution >= 4 is 0 Å². The molecule has 0 saturated carbocycles. The fourth-order valence-corrected chi connectivity index (χ4v) is 0.350. The van der Waals surface area contributed by atoms with Crippen LogP contribution in [0.25, 0.3) is 0 Å². The van der Waals surface area contributed by atoms with E-state index >= 15 is 0 Å². The Balaban J connectivity index is 2.22. The van der Waals surface area contributed by atoms with Gasteiger partial charge in [-0.25, -0.2) is 0 Å². The van der Waals surface area contributed by atoms with E-state index in [0.29, 0.717) is 0 Å². The monoisotopic (exact) mass is 81.0 g/mol. The fourth-order valence-electron chi connectivity index (χ4n) is 0.350. The van der Waals surface area contributed by atoms with Crippen molar-refractivity contribution in [3.8, 4) is 5.92 Å². The standard InChI is InChI=1S/C5H5O/c1-2-5-3-4-6-5/h5H,3-4H2. The molecule has 1 radical (unpaired) electrons. The summed E-state index contributed by atoms with van der Waals surface area (Å²) >= 11 is 0. The molecule has 1 fully saturated rings. The van der Waals surface area contributed by atoms with E-state index in [4.69, 9.17) is 11.2 Å². The number of ether oxygens (including phenoxy) is 1. The van der Waals surface area contributed by atoms with Crippen molar-refractivity contribution < 1.29 is 4.74 Å². The van der Waals surface area contributed by atoms with Gasteiger partial charge < -0.3 is 4.74 Å². The van der Waals surface area contributed by atoms with Gasteiger partial charge >= 0.3 is 0 Å². The Morgan fingerprint density at radius 2 is 2.50 bits per heavy atom. The quantitative estimate of drug-likeness (QED) is 0.383. The van der Waals surface area contributed by atoms with Gasteiger partial charge in [-0.05, 0) is 6.42 Å². The third-order valence-corrected chi connectivity index (χ3v) is 0.860. The van der Waals surface area contributed by atoms with E-state index in [0.717, 1.165) is 13.0 Å². The third-order valence-electron chi connectivity index (χ3n) is 0.860. The summed E-state index contributed by atoms with van der Waals surface area (Å²) in [6.07, 6.45) is 7.51. The minimum atomic E-state index is 0.0324. The maximum absolute atomic E-state index is 6.48. The highest BCUT2D eigenvalue weighted by molar-refractivity contribution is 4.92. The summed E-state index contributed by atoms with van der Waals surface area (Å²) in [6, 6.07) is 0. The Hall–Kier alpha value is -0.480. The van der Waals surface area contributed by atoms with E-state index in [1.54, 1.807) is 0 Å². The van der Waals surface area contributed by atoms with Gasteiger partial charge in [-0.15, -0.1) is 0 Å². The van der Waals surface area contributed by atoms with Crippen molar-refractivity contribution in [1.82, 2.24) is 0 Å². The summed E-state index contributed by atoms with van der Waals surface area (Å²) in [5.74, 6) is 2.23. The van der Waals surface area contributed by atoms with E-state index in [9.17, 15) is 0 Å². The van der Waals surface area contributed by atoms with Gasteiger partial charge in [0.15, 0.2) is 0 Å². The van der Waals surface area contributed by atoms with Crippen molar-refractivity contribution in [2.24, 2.45) is 0 Å². The normalized spacial score (nSPS) is 30.8. The summed E-state index contributed by atoms with van der Waals surface area (Å²) in [4.78, 5) is 0. The molecule has 0 N–H and O–H groups in total. The molecular weight excluding hydrogens is 76.1 g/mol. The zero-order valence-electron chi connectivity index (χ0n) is 3.40. The zero-order chi connectivity index (χ0) is 4.41. The van der Waals surface area contributed by atoms with E-state index in [2.05, 4.69) is 5.92 Å². The van der Waals surface area contributed by atoms with Crippen LogP contribution < -0.4 is 0 Å². The van der Waals surface area contributed by atoms with Gasteiger partial charge in [-0.2, -0.15) is 0 Å². The van der Waals surface area contributed by atoms with Crippen molar-refractivity contribution in [2.45, 2.75) is 12.5 Å². The van der Waals surface area contributed by atoms with Crippen LogP contribution in [0.15, 0.2) is 0 Å². The minimum Gasteiger partial charge on any atom is -0.365 e. The lowest BCUT2D eigenvalue weighted by Crippen LogP contribution is -2.24. The molecule has 1 aliphatic rings. The largest absolute Gasteiger partial charge is 0.365 e. The summed E-state index contributed by atoms with van der Waals surface area (Å²) < 4.78 is 4.78. The summed E-state index contributed by atoms with van der Waals surface area (Å²) in [5, 5.41) is 0. The number of rotatable bonds is 0. The molecule has 1 heterocycles. The van der Waals surface area contributed by atoms with E-state index in [1.807, 2.05) is 0 Å². The molecule has 31 valence electrons. The molecule has 1 heteroatoms. The highest BCUT2D eigenvalue weighted by Crippen LogP contribution is 2.07. The predicted molar refractivity (Wildman–Crippen MR) is 21.5 cm³/mol. The Morgan fingerprint density at radius 3 is 2.50 bits per heavy atom. The predicted octanol–water partition coefficient (Wildman–Crippen LogP) is 0.365. The molecule has 6 heavy (non-hydrogen) atoms. The summed E-state index contributed by atoms with van der Waals surface area (Å²) in [6.45, 7) is 0.816. The van der Waals surface area contributed by atoms with Crippen LogP contribution >= 0.6 is 0 Å². The molecular formula is C5H5O. The third kappa shape index (κ3) is 0.395. The van der Waals surface area contributed by atoms with Gasteiger partial charge in [0.1, 0.15) is 6.10 Å². The zero-order valence-corrected chi connectivity index (χ0v) is 3.40. The molecule has 0 aromatic carbocycles. The molecule has 1 saturated heterocycles. The molecule has 1 rings (SSSR count). The summed E-state index contributed by atoms with van der Waals surface area (Å²) in [7, 11) is 0. The Labute approximate surface area is 37.3 Å². The van der Waals surface area contributed by atoms with Crippen LogP contribution in [0.3, 0.4) is 0 Å². The Bertz CT molecular complexity index is 76.4. The average molecular weight is 81.1 g/mol. The second kappa shape index (κ2) is 1.32. The fraction of sp³-hybridized carbons (Fsp3) is 0.600. The molecule has 1 unspecified atom stereocenters. The Morgan fingerprint density at radius 1 is 1.83 bits per heavy atom.